The third-order valence-corrected chi connectivity index (χ3v) is 3.44. The highest BCUT2D eigenvalue weighted by atomic mass is 79.9. The minimum atomic E-state index is 0. The van der Waals surface area contributed by atoms with Crippen LogP contribution >= 0.6 is 39.9 Å². The van der Waals surface area contributed by atoms with Crippen molar-refractivity contribution in [2.24, 2.45) is 0 Å². The summed E-state index contributed by atoms with van der Waals surface area (Å²) in [5.74, 6) is 0.0431. The van der Waals surface area contributed by atoms with Crippen LogP contribution in [0.15, 0.2) is 22.7 Å². The van der Waals surface area contributed by atoms with E-state index in [1.54, 1.807) is 18.2 Å². The molecule has 0 saturated carbocycles. The van der Waals surface area contributed by atoms with Gasteiger partial charge < -0.3 is 10.2 Å². The van der Waals surface area contributed by atoms with Gasteiger partial charge in [-0.3, -0.25) is 4.79 Å². The molecule has 100 valence electrons. The van der Waals surface area contributed by atoms with Crippen molar-refractivity contribution >= 4 is 45.8 Å². The van der Waals surface area contributed by atoms with Crippen LogP contribution in [0, 0.1) is 0 Å². The van der Waals surface area contributed by atoms with Gasteiger partial charge in [-0.15, -0.1) is 12.4 Å². The minimum Gasteiger partial charge on any atom is -0.336 e. The second kappa shape index (κ2) is 6.75. The zero-order valence-electron chi connectivity index (χ0n) is 9.95. The fourth-order valence-electron chi connectivity index (χ4n) is 1.98. The van der Waals surface area contributed by atoms with E-state index in [1.807, 2.05) is 4.90 Å². The van der Waals surface area contributed by atoms with Crippen molar-refractivity contribution in [3.8, 4) is 0 Å². The number of halogens is 3. The molecule has 1 fully saturated rings. The van der Waals surface area contributed by atoms with Crippen LogP contribution in [0.5, 0.6) is 0 Å². The van der Waals surface area contributed by atoms with E-state index in [2.05, 4.69) is 28.2 Å². The Morgan fingerprint density at radius 3 is 2.83 bits per heavy atom. The summed E-state index contributed by atoms with van der Waals surface area (Å²) >= 11 is 9.30. The topological polar surface area (TPSA) is 32.3 Å². The predicted molar refractivity (Wildman–Crippen MR) is 79.8 cm³/mol. The molecule has 1 N–H and O–H groups in total. The van der Waals surface area contributed by atoms with Gasteiger partial charge in [-0.05, 0) is 25.1 Å². The molecule has 0 radical (unpaired) electrons. The molecular weight excluding hydrogens is 339 g/mol. The molecule has 1 aromatic carbocycles. The normalized spacial score (nSPS) is 19.3. The standard InChI is InChI=1S/C12H14BrClN2O.ClH/c1-8-7-16(3-2-15-8)12(17)9-4-10(13)6-11(14)5-9;/h4-6,8,15H,2-3,7H2,1H3;1H/t8-;/m1./s1. The Kier molecular flexibility index (Phi) is 5.92. The van der Waals surface area contributed by atoms with Crippen molar-refractivity contribution in [3.05, 3.63) is 33.3 Å². The lowest BCUT2D eigenvalue weighted by molar-refractivity contribution is 0.0709. The monoisotopic (exact) mass is 352 g/mol. The first-order valence-corrected chi connectivity index (χ1v) is 6.72. The number of rotatable bonds is 1. The van der Waals surface area contributed by atoms with Gasteiger partial charge in [0.1, 0.15) is 0 Å². The third kappa shape index (κ3) is 3.85. The van der Waals surface area contributed by atoms with Crippen LogP contribution in [-0.2, 0) is 0 Å². The van der Waals surface area contributed by atoms with E-state index in [4.69, 9.17) is 11.6 Å². The van der Waals surface area contributed by atoms with Crippen LogP contribution in [0.25, 0.3) is 0 Å². The zero-order chi connectivity index (χ0) is 12.4. The Bertz CT molecular complexity index is 422. The molecule has 1 aromatic rings. The molecule has 1 amide bonds. The average molecular weight is 354 g/mol. The molecule has 1 heterocycles. The lowest BCUT2D eigenvalue weighted by Gasteiger charge is -2.32. The Balaban J connectivity index is 0.00000162. The highest BCUT2D eigenvalue weighted by Gasteiger charge is 2.21. The molecule has 0 unspecified atom stereocenters. The van der Waals surface area contributed by atoms with E-state index in [0.29, 0.717) is 16.6 Å². The molecule has 0 bridgehead atoms. The highest BCUT2D eigenvalue weighted by Crippen LogP contribution is 2.21. The first-order valence-electron chi connectivity index (χ1n) is 5.55. The van der Waals surface area contributed by atoms with E-state index in [9.17, 15) is 4.79 Å². The van der Waals surface area contributed by atoms with Gasteiger partial charge in [-0.25, -0.2) is 0 Å². The summed E-state index contributed by atoms with van der Waals surface area (Å²) in [6.07, 6.45) is 0. The maximum absolute atomic E-state index is 12.3. The summed E-state index contributed by atoms with van der Waals surface area (Å²) < 4.78 is 0.830. The summed E-state index contributed by atoms with van der Waals surface area (Å²) in [5, 5.41) is 3.89. The molecule has 1 aliphatic rings. The minimum absolute atomic E-state index is 0. The molecule has 0 aromatic heterocycles. The summed E-state index contributed by atoms with van der Waals surface area (Å²) in [7, 11) is 0. The number of hydrogen-bond acceptors (Lipinski definition) is 2. The molecule has 1 atom stereocenters. The molecule has 3 nitrogen and oxygen atoms in total. The predicted octanol–water partition coefficient (Wildman–Crippen LogP) is 2.96. The Morgan fingerprint density at radius 2 is 2.22 bits per heavy atom. The van der Waals surface area contributed by atoms with E-state index in [0.717, 1.165) is 24.1 Å². The largest absolute Gasteiger partial charge is 0.336 e. The van der Waals surface area contributed by atoms with Crippen molar-refractivity contribution in [2.75, 3.05) is 19.6 Å². The molecule has 1 aliphatic heterocycles. The van der Waals surface area contributed by atoms with Gasteiger partial charge in [0.05, 0.1) is 0 Å². The number of nitrogens with zero attached hydrogens (tertiary/aromatic N) is 1. The molecule has 18 heavy (non-hydrogen) atoms. The van der Waals surface area contributed by atoms with Crippen LogP contribution < -0.4 is 5.32 Å². The summed E-state index contributed by atoms with van der Waals surface area (Å²) in [6.45, 7) is 4.40. The van der Waals surface area contributed by atoms with Crippen LogP contribution in [-0.4, -0.2) is 36.5 Å². The fraction of sp³-hybridized carbons (Fsp3) is 0.417. The Morgan fingerprint density at radius 1 is 1.50 bits per heavy atom. The first kappa shape index (κ1) is 15.8. The third-order valence-electron chi connectivity index (χ3n) is 2.77. The fourth-order valence-corrected chi connectivity index (χ4v) is 2.84. The van der Waals surface area contributed by atoms with Crippen LogP contribution in [0.3, 0.4) is 0 Å². The second-order valence-electron chi connectivity index (χ2n) is 4.26. The smallest absolute Gasteiger partial charge is 0.254 e. The number of carbonyl (C=O) groups excluding carboxylic acids is 1. The van der Waals surface area contributed by atoms with Crippen molar-refractivity contribution in [2.45, 2.75) is 13.0 Å². The number of amides is 1. The lowest BCUT2D eigenvalue weighted by atomic mass is 10.1. The zero-order valence-corrected chi connectivity index (χ0v) is 13.1. The van der Waals surface area contributed by atoms with E-state index in [1.165, 1.54) is 0 Å². The number of hydrogen-bond donors (Lipinski definition) is 1. The number of benzene rings is 1. The lowest BCUT2D eigenvalue weighted by Crippen LogP contribution is -2.51. The van der Waals surface area contributed by atoms with Crippen LogP contribution in [0.1, 0.15) is 17.3 Å². The summed E-state index contributed by atoms with van der Waals surface area (Å²) in [5.41, 5.74) is 0.637. The maximum atomic E-state index is 12.3. The number of piperazine rings is 1. The molecule has 6 heteroatoms. The molecule has 0 aliphatic carbocycles. The Hall–Kier alpha value is -0.290. The van der Waals surface area contributed by atoms with E-state index in [-0.39, 0.29) is 18.3 Å². The SMILES string of the molecule is C[C@@H]1CN(C(=O)c2cc(Cl)cc(Br)c2)CCN1.Cl. The van der Waals surface area contributed by atoms with Gasteiger partial charge in [0, 0.05) is 40.7 Å². The number of nitrogens with one attached hydrogen (secondary N) is 1. The van der Waals surface area contributed by atoms with Crippen LogP contribution in [0.4, 0.5) is 0 Å². The molecule has 0 spiro atoms. The molecule has 2 rings (SSSR count). The molecule has 1 saturated heterocycles. The van der Waals surface area contributed by atoms with Gasteiger partial charge in [0.25, 0.3) is 5.91 Å². The highest BCUT2D eigenvalue weighted by molar-refractivity contribution is 9.10. The van der Waals surface area contributed by atoms with Crippen molar-refractivity contribution < 1.29 is 4.79 Å². The van der Waals surface area contributed by atoms with Crippen molar-refractivity contribution in [1.82, 2.24) is 10.2 Å². The van der Waals surface area contributed by atoms with E-state index >= 15 is 0 Å². The quantitative estimate of drug-likeness (QED) is 0.841. The van der Waals surface area contributed by atoms with Gasteiger partial charge in [0.2, 0.25) is 0 Å². The van der Waals surface area contributed by atoms with Gasteiger partial charge in [-0.1, -0.05) is 27.5 Å². The second-order valence-corrected chi connectivity index (χ2v) is 5.62. The first-order chi connectivity index (χ1) is 8.06. The van der Waals surface area contributed by atoms with Gasteiger partial charge >= 0.3 is 0 Å². The van der Waals surface area contributed by atoms with Gasteiger partial charge in [0.15, 0.2) is 0 Å². The van der Waals surface area contributed by atoms with E-state index < -0.39 is 0 Å². The van der Waals surface area contributed by atoms with Crippen LogP contribution in [0.2, 0.25) is 5.02 Å². The van der Waals surface area contributed by atoms with Crippen molar-refractivity contribution in [3.63, 3.8) is 0 Å². The Labute approximate surface area is 126 Å². The van der Waals surface area contributed by atoms with Gasteiger partial charge in [-0.2, -0.15) is 0 Å². The summed E-state index contributed by atoms with van der Waals surface area (Å²) in [4.78, 5) is 14.1. The maximum Gasteiger partial charge on any atom is 0.254 e. The number of carbonyl (C=O) groups is 1. The average Bonchev–Trinajstić information content (AvgIpc) is 2.26. The molecular formula is C12H15BrCl2N2O. The van der Waals surface area contributed by atoms with Crippen molar-refractivity contribution in [1.29, 1.82) is 0 Å². The summed E-state index contributed by atoms with van der Waals surface area (Å²) in [6, 6.07) is 5.64.